The molecule has 1 saturated heterocycles. The summed E-state index contributed by atoms with van der Waals surface area (Å²) in [5.74, 6) is 6.18. The van der Waals surface area contributed by atoms with Crippen LogP contribution in [0.3, 0.4) is 0 Å². The Hall–Kier alpha value is -5.01. The van der Waals surface area contributed by atoms with Crippen molar-refractivity contribution in [3.8, 4) is 22.4 Å². The number of amides is 2. The van der Waals surface area contributed by atoms with Gasteiger partial charge in [0.2, 0.25) is 0 Å². The maximum atomic E-state index is 12.9. The van der Waals surface area contributed by atoms with E-state index >= 15 is 0 Å². The Balaban J connectivity index is 1.35. The van der Waals surface area contributed by atoms with E-state index in [9.17, 15) is 9.59 Å². The summed E-state index contributed by atoms with van der Waals surface area (Å²) in [5.41, 5.74) is 9.51. The van der Waals surface area contributed by atoms with Crippen LogP contribution < -0.4 is 22.2 Å². The number of nitrogens with one attached hydrogen (secondary N) is 2. The van der Waals surface area contributed by atoms with Crippen LogP contribution in [0.5, 0.6) is 0 Å². The number of hydrogen-bond acceptors (Lipinski definition) is 6. The molecule has 0 bridgehead atoms. The molecule has 10 heteroatoms. The highest BCUT2D eigenvalue weighted by atomic mass is 16.2. The van der Waals surface area contributed by atoms with Gasteiger partial charge in [0.15, 0.2) is 11.4 Å². The van der Waals surface area contributed by atoms with Crippen molar-refractivity contribution in [2.75, 3.05) is 17.7 Å². The highest BCUT2D eigenvalue weighted by Gasteiger charge is 2.27. The zero-order valence-electron chi connectivity index (χ0n) is 20.5. The molecule has 1 fully saturated rings. The van der Waals surface area contributed by atoms with Crippen LogP contribution in [-0.2, 0) is 0 Å². The van der Waals surface area contributed by atoms with Crippen LogP contribution in [-0.4, -0.2) is 33.0 Å². The van der Waals surface area contributed by atoms with Crippen molar-refractivity contribution < 1.29 is 9.59 Å². The second-order valence-corrected chi connectivity index (χ2v) is 9.02. The Kier molecular flexibility index (Phi) is 6.84. The average molecular weight is 507 g/mol. The van der Waals surface area contributed by atoms with Gasteiger partial charge in [0.25, 0.3) is 11.8 Å². The van der Waals surface area contributed by atoms with Crippen molar-refractivity contribution >= 4 is 23.3 Å². The molecule has 5 rings (SSSR count). The number of carbonyl (C=O) groups is 2. The van der Waals surface area contributed by atoms with Gasteiger partial charge >= 0.3 is 0 Å². The Labute approximate surface area is 219 Å². The van der Waals surface area contributed by atoms with Crippen LogP contribution in [0.15, 0.2) is 66.9 Å². The molecule has 0 aliphatic carbocycles. The van der Waals surface area contributed by atoms with Gasteiger partial charge < -0.3 is 22.2 Å². The first-order valence-electron chi connectivity index (χ1n) is 12.2. The van der Waals surface area contributed by atoms with Gasteiger partial charge in [-0.05, 0) is 54.8 Å². The number of aromatic nitrogens is 3. The quantitative estimate of drug-likeness (QED) is 0.229. The summed E-state index contributed by atoms with van der Waals surface area (Å²) in [6.07, 6.45) is 4.61. The van der Waals surface area contributed by atoms with E-state index in [-0.39, 0.29) is 17.6 Å². The first kappa shape index (κ1) is 24.7. The van der Waals surface area contributed by atoms with Gasteiger partial charge in [-0.1, -0.05) is 42.8 Å². The summed E-state index contributed by atoms with van der Waals surface area (Å²) in [5, 5.41) is 6.20. The standard InChI is InChI=1S/C28H26N8O2/c1-31-21-11-9-17(10-12-21)20-13-15-33-23(16-20)34-28(38)19-7-5-18(6-8-19)24-25(26(29)37)36(30)27(35-24)22-4-2-3-14-32-22/h5-13,15-16,22,32H,2-4,14,30H2,(H2,29,37)(H,33,34,38)/t22-/m0/s1. The van der Waals surface area contributed by atoms with E-state index in [0.29, 0.717) is 34.2 Å². The number of primary amides is 1. The van der Waals surface area contributed by atoms with E-state index in [0.717, 1.165) is 36.9 Å². The number of benzene rings is 2. The van der Waals surface area contributed by atoms with Gasteiger partial charge in [0.05, 0.1) is 12.6 Å². The minimum absolute atomic E-state index is 0.0560. The monoisotopic (exact) mass is 506 g/mol. The van der Waals surface area contributed by atoms with E-state index in [1.807, 2.05) is 18.2 Å². The maximum Gasteiger partial charge on any atom is 0.269 e. The van der Waals surface area contributed by atoms with Crippen LogP contribution in [0.4, 0.5) is 11.5 Å². The number of nitrogens with two attached hydrogens (primary N) is 2. The molecule has 0 spiro atoms. The fourth-order valence-corrected chi connectivity index (χ4v) is 4.58. The molecule has 2 amide bonds. The van der Waals surface area contributed by atoms with Crippen LogP contribution in [0.25, 0.3) is 27.2 Å². The summed E-state index contributed by atoms with van der Waals surface area (Å²) in [4.78, 5) is 37.5. The molecule has 3 heterocycles. The number of rotatable bonds is 6. The molecule has 10 nitrogen and oxygen atoms in total. The van der Waals surface area contributed by atoms with Crippen molar-refractivity contribution in [3.63, 3.8) is 0 Å². The van der Waals surface area contributed by atoms with Crippen molar-refractivity contribution in [2.24, 2.45) is 5.73 Å². The fourth-order valence-electron chi connectivity index (χ4n) is 4.58. The third kappa shape index (κ3) is 4.96. The lowest BCUT2D eigenvalue weighted by Gasteiger charge is -2.22. The molecule has 2 aromatic carbocycles. The molecule has 0 unspecified atom stereocenters. The number of nitrogens with zero attached hydrogens (tertiary/aromatic N) is 4. The Bertz CT molecular complexity index is 1530. The largest absolute Gasteiger partial charge is 0.364 e. The summed E-state index contributed by atoms with van der Waals surface area (Å²) in [6, 6.07) is 17.5. The number of nitrogen functional groups attached to an aromatic ring is 1. The van der Waals surface area contributed by atoms with Gasteiger partial charge in [0.1, 0.15) is 17.3 Å². The summed E-state index contributed by atoms with van der Waals surface area (Å²) < 4.78 is 1.27. The molecule has 6 N–H and O–H groups in total. The first-order valence-corrected chi connectivity index (χ1v) is 12.2. The van der Waals surface area contributed by atoms with Crippen molar-refractivity contribution in [2.45, 2.75) is 25.3 Å². The summed E-state index contributed by atoms with van der Waals surface area (Å²) >= 11 is 0. The molecule has 4 aromatic rings. The summed E-state index contributed by atoms with van der Waals surface area (Å²) in [6.45, 7) is 7.95. The van der Waals surface area contributed by atoms with Gasteiger partial charge in [-0.15, -0.1) is 0 Å². The second kappa shape index (κ2) is 10.5. The number of pyridine rings is 1. The number of piperidine rings is 1. The topological polar surface area (TPSA) is 145 Å². The molecule has 0 saturated carbocycles. The number of carbonyl (C=O) groups excluding carboxylic acids is 2. The van der Waals surface area contributed by atoms with Crippen molar-refractivity contribution in [1.29, 1.82) is 0 Å². The lowest BCUT2D eigenvalue weighted by Crippen LogP contribution is -2.32. The average Bonchev–Trinajstić information content (AvgIpc) is 3.31. The highest BCUT2D eigenvalue weighted by Crippen LogP contribution is 2.29. The van der Waals surface area contributed by atoms with E-state index in [4.69, 9.17) is 18.1 Å². The van der Waals surface area contributed by atoms with E-state index in [1.54, 1.807) is 48.7 Å². The zero-order valence-corrected chi connectivity index (χ0v) is 20.5. The first-order chi connectivity index (χ1) is 18.4. The second-order valence-electron chi connectivity index (χ2n) is 9.02. The van der Waals surface area contributed by atoms with Crippen molar-refractivity contribution in [1.82, 2.24) is 20.0 Å². The lowest BCUT2D eigenvalue weighted by molar-refractivity contribution is 0.0991. The van der Waals surface area contributed by atoms with Crippen LogP contribution in [0.2, 0.25) is 0 Å². The number of hydrogen-bond donors (Lipinski definition) is 4. The minimum Gasteiger partial charge on any atom is -0.364 e. The third-order valence-corrected chi connectivity index (χ3v) is 6.55. The van der Waals surface area contributed by atoms with E-state index in [1.165, 1.54) is 4.68 Å². The smallest absolute Gasteiger partial charge is 0.269 e. The molecule has 1 aliphatic rings. The molecule has 1 aliphatic heterocycles. The fraction of sp³-hybridized carbons (Fsp3) is 0.179. The van der Waals surface area contributed by atoms with Crippen LogP contribution in [0, 0.1) is 6.57 Å². The number of imidazole rings is 1. The van der Waals surface area contributed by atoms with Crippen LogP contribution in [0.1, 0.15) is 52.0 Å². The minimum atomic E-state index is -0.673. The van der Waals surface area contributed by atoms with Crippen molar-refractivity contribution in [3.05, 3.63) is 95.4 Å². The van der Waals surface area contributed by atoms with Gasteiger partial charge in [0, 0.05) is 17.3 Å². The van der Waals surface area contributed by atoms with E-state index < -0.39 is 5.91 Å². The Morgan fingerprint density at radius 3 is 2.42 bits per heavy atom. The van der Waals surface area contributed by atoms with Gasteiger partial charge in [-0.25, -0.2) is 19.5 Å². The Morgan fingerprint density at radius 2 is 1.76 bits per heavy atom. The SMILES string of the molecule is [C-]#[N+]c1ccc(-c2ccnc(NC(=O)c3ccc(-c4nc([C@@H]5CCCCN5)n(N)c4C(N)=O)cc3)c2)cc1. The third-order valence-electron chi connectivity index (χ3n) is 6.55. The summed E-state index contributed by atoms with van der Waals surface area (Å²) in [7, 11) is 0. The van der Waals surface area contributed by atoms with E-state index in [2.05, 4.69) is 25.4 Å². The lowest BCUT2D eigenvalue weighted by atomic mass is 10.0. The van der Waals surface area contributed by atoms with Crippen LogP contribution >= 0.6 is 0 Å². The predicted molar refractivity (Wildman–Crippen MR) is 145 cm³/mol. The normalized spacial score (nSPS) is 15.0. The molecule has 2 aromatic heterocycles. The predicted octanol–water partition coefficient (Wildman–Crippen LogP) is 4.04. The molecule has 38 heavy (non-hydrogen) atoms. The molecular weight excluding hydrogens is 480 g/mol. The maximum absolute atomic E-state index is 12.9. The van der Waals surface area contributed by atoms with Gasteiger partial charge in [-0.3, -0.25) is 9.59 Å². The van der Waals surface area contributed by atoms with Gasteiger partial charge in [-0.2, -0.15) is 0 Å². The number of anilines is 1. The highest BCUT2D eigenvalue weighted by molar-refractivity contribution is 6.04. The molecule has 0 radical (unpaired) electrons. The molecular formula is C28H26N8O2. The molecule has 190 valence electrons. The zero-order chi connectivity index (χ0) is 26.6. The Morgan fingerprint density at radius 1 is 1.03 bits per heavy atom. The molecule has 1 atom stereocenters.